The maximum atomic E-state index is 12.4. The van der Waals surface area contributed by atoms with E-state index in [2.05, 4.69) is 10.3 Å². The van der Waals surface area contributed by atoms with Crippen LogP contribution in [0.15, 0.2) is 29.3 Å². The molecular formula is C11H9F3N2O. The highest BCUT2D eigenvalue weighted by Crippen LogP contribution is 2.29. The summed E-state index contributed by atoms with van der Waals surface area (Å²) in [6.45, 7) is 0.0499. The van der Waals surface area contributed by atoms with E-state index in [1.807, 2.05) is 0 Å². The Hall–Kier alpha value is -1.85. The molecule has 1 aliphatic heterocycles. The molecule has 1 heterocycles. The molecule has 6 heteroatoms. The molecule has 1 amide bonds. The lowest BCUT2D eigenvalue weighted by atomic mass is 10.1. The predicted octanol–water partition coefficient (Wildman–Crippen LogP) is 1.78. The van der Waals surface area contributed by atoms with Crippen molar-refractivity contribution in [2.75, 3.05) is 6.54 Å². The Morgan fingerprint density at radius 2 is 2.12 bits per heavy atom. The Labute approximate surface area is 95.4 Å². The fourth-order valence-corrected chi connectivity index (χ4v) is 1.56. The summed E-state index contributed by atoms with van der Waals surface area (Å²) in [7, 11) is 0. The van der Waals surface area contributed by atoms with Crippen molar-refractivity contribution in [1.29, 1.82) is 0 Å². The molecule has 0 saturated carbocycles. The average molecular weight is 242 g/mol. The van der Waals surface area contributed by atoms with Crippen LogP contribution in [0.5, 0.6) is 0 Å². The van der Waals surface area contributed by atoms with Gasteiger partial charge in [-0.05, 0) is 11.6 Å². The number of amidine groups is 1. The average Bonchev–Trinajstić information content (AvgIpc) is 2.63. The first-order valence-electron chi connectivity index (χ1n) is 4.94. The highest BCUT2D eigenvalue weighted by atomic mass is 19.4. The molecule has 3 nitrogen and oxygen atoms in total. The van der Waals surface area contributed by atoms with Crippen LogP contribution in [0.25, 0.3) is 0 Å². The fourth-order valence-electron chi connectivity index (χ4n) is 1.56. The Balaban J connectivity index is 2.15. The normalized spacial score (nSPS) is 15.7. The smallest absolute Gasteiger partial charge is 0.313 e. The van der Waals surface area contributed by atoms with Gasteiger partial charge in [-0.3, -0.25) is 9.79 Å². The summed E-state index contributed by atoms with van der Waals surface area (Å²) in [5.74, 6) is 0.182. The molecule has 1 aliphatic rings. The highest BCUT2D eigenvalue weighted by Gasteiger charge is 2.30. The van der Waals surface area contributed by atoms with E-state index in [1.54, 1.807) is 6.07 Å². The Bertz CT molecular complexity index is 480. The molecule has 1 aromatic rings. The molecule has 0 bridgehead atoms. The van der Waals surface area contributed by atoms with Crippen LogP contribution in [0, 0.1) is 0 Å². The zero-order valence-electron chi connectivity index (χ0n) is 8.71. The van der Waals surface area contributed by atoms with Crippen molar-refractivity contribution in [2.24, 2.45) is 4.99 Å². The number of hydrogen-bond acceptors (Lipinski definition) is 2. The first-order chi connectivity index (χ1) is 7.95. The Morgan fingerprint density at radius 1 is 1.35 bits per heavy atom. The van der Waals surface area contributed by atoms with Gasteiger partial charge in [0, 0.05) is 6.42 Å². The van der Waals surface area contributed by atoms with Crippen LogP contribution in [0.2, 0.25) is 0 Å². The third kappa shape index (κ3) is 2.83. The van der Waals surface area contributed by atoms with Crippen LogP contribution in [-0.2, 0) is 17.4 Å². The van der Waals surface area contributed by atoms with E-state index in [4.69, 9.17) is 0 Å². The molecule has 90 valence electrons. The minimum atomic E-state index is -4.35. The molecule has 1 N–H and O–H groups in total. The van der Waals surface area contributed by atoms with E-state index in [1.165, 1.54) is 6.07 Å². The first-order valence-corrected chi connectivity index (χ1v) is 4.94. The van der Waals surface area contributed by atoms with Gasteiger partial charge in [0.05, 0.1) is 5.56 Å². The number of hydrogen-bond donors (Lipinski definition) is 1. The summed E-state index contributed by atoms with van der Waals surface area (Å²) in [6, 6.07) is 4.99. The van der Waals surface area contributed by atoms with E-state index in [-0.39, 0.29) is 18.9 Å². The minimum absolute atomic E-state index is 0.0499. The summed E-state index contributed by atoms with van der Waals surface area (Å²) in [5, 5.41) is 2.49. The molecule has 0 spiro atoms. The fraction of sp³-hybridized carbons (Fsp3) is 0.273. The van der Waals surface area contributed by atoms with Crippen LogP contribution in [-0.4, -0.2) is 18.3 Å². The summed E-state index contributed by atoms with van der Waals surface area (Å²) < 4.78 is 37.3. The number of benzene rings is 1. The zero-order chi connectivity index (χ0) is 12.5. The van der Waals surface area contributed by atoms with Gasteiger partial charge in [-0.1, -0.05) is 18.2 Å². The van der Waals surface area contributed by atoms with Crippen molar-refractivity contribution in [1.82, 2.24) is 5.32 Å². The Kier molecular flexibility index (Phi) is 2.87. The van der Waals surface area contributed by atoms with Gasteiger partial charge in [-0.2, -0.15) is 13.2 Å². The second-order valence-electron chi connectivity index (χ2n) is 3.69. The number of alkyl halides is 3. The molecule has 0 radical (unpaired) electrons. The summed E-state index contributed by atoms with van der Waals surface area (Å²) >= 11 is 0. The van der Waals surface area contributed by atoms with E-state index in [0.29, 0.717) is 11.4 Å². The molecule has 0 aliphatic carbocycles. The van der Waals surface area contributed by atoms with Gasteiger partial charge in [0.15, 0.2) is 0 Å². The van der Waals surface area contributed by atoms with E-state index < -0.39 is 11.7 Å². The van der Waals surface area contributed by atoms with E-state index in [9.17, 15) is 18.0 Å². The molecule has 2 rings (SSSR count). The lowest BCUT2D eigenvalue weighted by Gasteiger charge is -2.08. The van der Waals surface area contributed by atoms with Crippen molar-refractivity contribution in [3.8, 4) is 0 Å². The van der Waals surface area contributed by atoms with Gasteiger partial charge >= 0.3 is 6.18 Å². The summed E-state index contributed by atoms with van der Waals surface area (Å²) in [4.78, 5) is 14.7. The largest absolute Gasteiger partial charge is 0.416 e. The molecule has 0 aromatic heterocycles. The molecular weight excluding hydrogens is 233 g/mol. The number of carbonyl (C=O) groups excluding carboxylic acids is 1. The van der Waals surface area contributed by atoms with Crippen molar-refractivity contribution in [3.63, 3.8) is 0 Å². The van der Waals surface area contributed by atoms with Crippen LogP contribution in [0.1, 0.15) is 11.1 Å². The number of carbonyl (C=O) groups is 1. The van der Waals surface area contributed by atoms with E-state index >= 15 is 0 Å². The molecule has 0 saturated heterocycles. The molecule has 0 unspecified atom stereocenters. The predicted molar refractivity (Wildman–Crippen MR) is 55.6 cm³/mol. The Morgan fingerprint density at radius 3 is 2.71 bits per heavy atom. The third-order valence-corrected chi connectivity index (χ3v) is 2.32. The van der Waals surface area contributed by atoms with Gasteiger partial charge in [0.2, 0.25) is 5.91 Å². The second kappa shape index (κ2) is 4.20. The van der Waals surface area contributed by atoms with Crippen molar-refractivity contribution >= 4 is 11.7 Å². The van der Waals surface area contributed by atoms with E-state index in [0.717, 1.165) is 12.1 Å². The number of aliphatic imine (C=N–C) groups is 1. The number of halogens is 3. The maximum absolute atomic E-state index is 12.4. The molecule has 0 fully saturated rings. The van der Waals surface area contributed by atoms with Crippen molar-refractivity contribution < 1.29 is 18.0 Å². The molecule has 1 aromatic carbocycles. The zero-order valence-corrected chi connectivity index (χ0v) is 8.71. The topological polar surface area (TPSA) is 41.5 Å². The molecule has 17 heavy (non-hydrogen) atoms. The van der Waals surface area contributed by atoms with Crippen LogP contribution < -0.4 is 5.32 Å². The van der Waals surface area contributed by atoms with Gasteiger partial charge in [0.25, 0.3) is 0 Å². The quantitative estimate of drug-likeness (QED) is 0.843. The summed E-state index contributed by atoms with van der Waals surface area (Å²) in [5.41, 5.74) is -0.222. The van der Waals surface area contributed by atoms with Gasteiger partial charge in [-0.25, -0.2) is 0 Å². The van der Waals surface area contributed by atoms with Gasteiger partial charge in [0.1, 0.15) is 12.4 Å². The molecule has 0 atom stereocenters. The lowest BCUT2D eigenvalue weighted by Crippen LogP contribution is -2.26. The maximum Gasteiger partial charge on any atom is 0.416 e. The van der Waals surface area contributed by atoms with Crippen molar-refractivity contribution in [3.05, 3.63) is 35.4 Å². The highest BCUT2D eigenvalue weighted by molar-refractivity contribution is 6.04. The standard InChI is InChI=1S/C11H9F3N2O/c12-11(13,14)8-3-1-2-7(4-8)5-9-15-6-10(17)16-9/h1-4H,5-6H2,(H,15,16,17). The van der Waals surface area contributed by atoms with Crippen LogP contribution in [0.4, 0.5) is 13.2 Å². The van der Waals surface area contributed by atoms with Gasteiger partial charge < -0.3 is 5.32 Å². The lowest BCUT2D eigenvalue weighted by molar-refractivity contribution is -0.137. The first kappa shape index (κ1) is 11.6. The number of nitrogens with zero attached hydrogens (tertiary/aromatic N) is 1. The second-order valence-corrected chi connectivity index (χ2v) is 3.69. The number of amides is 1. The summed E-state index contributed by atoms with van der Waals surface area (Å²) in [6.07, 6.45) is -4.15. The SMILES string of the molecule is O=C1CN=C(Cc2cccc(C(F)(F)F)c2)N1. The number of nitrogens with one attached hydrogen (secondary N) is 1. The number of rotatable bonds is 2. The van der Waals surface area contributed by atoms with Crippen LogP contribution >= 0.6 is 0 Å². The minimum Gasteiger partial charge on any atom is -0.313 e. The monoisotopic (exact) mass is 242 g/mol. The van der Waals surface area contributed by atoms with Crippen LogP contribution in [0.3, 0.4) is 0 Å². The van der Waals surface area contributed by atoms with Crippen molar-refractivity contribution in [2.45, 2.75) is 12.6 Å². The third-order valence-electron chi connectivity index (χ3n) is 2.32. The van der Waals surface area contributed by atoms with Gasteiger partial charge in [-0.15, -0.1) is 0 Å².